The van der Waals surface area contributed by atoms with Crippen molar-refractivity contribution in [3.8, 4) is 0 Å². The number of amides is 1. The van der Waals surface area contributed by atoms with Gasteiger partial charge >= 0.3 is 0 Å². The Hall–Kier alpha value is -0.770. The Morgan fingerprint density at radius 1 is 1.28 bits per heavy atom. The third-order valence-electron chi connectivity index (χ3n) is 2.94. The van der Waals surface area contributed by atoms with Crippen LogP contribution in [0.3, 0.4) is 0 Å². The predicted molar refractivity (Wildman–Crippen MR) is 75.3 cm³/mol. The fourth-order valence-corrected chi connectivity index (χ4v) is 2.21. The van der Waals surface area contributed by atoms with Gasteiger partial charge in [-0.2, -0.15) is 0 Å². The van der Waals surface area contributed by atoms with Gasteiger partial charge in [-0.1, -0.05) is 42.1 Å². The van der Waals surface area contributed by atoms with Crippen molar-refractivity contribution in [1.29, 1.82) is 0 Å². The maximum Gasteiger partial charge on any atom is 0.238 e. The Morgan fingerprint density at radius 2 is 1.94 bits per heavy atom. The Balaban J connectivity index is 1.75. The molecular weight excluding hydrogens is 271 g/mol. The van der Waals surface area contributed by atoms with Crippen molar-refractivity contribution in [2.75, 3.05) is 18.4 Å². The van der Waals surface area contributed by atoms with Crippen LogP contribution in [0.5, 0.6) is 0 Å². The molecule has 0 spiro atoms. The lowest BCUT2D eigenvalue weighted by molar-refractivity contribution is -0.115. The molecule has 18 heavy (non-hydrogen) atoms. The number of nitrogens with one attached hydrogen (secondary N) is 2. The number of carbonyl (C=O) groups is 1. The maximum atomic E-state index is 11.7. The first-order valence-corrected chi connectivity index (χ1v) is 6.87. The molecule has 1 aliphatic carbocycles. The lowest BCUT2D eigenvalue weighted by atomic mass is 10.3. The normalized spacial score (nSPS) is 14.6. The lowest BCUT2D eigenvalue weighted by Gasteiger charge is -2.09. The lowest BCUT2D eigenvalue weighted by Crippen LogP contribution is -2.29. The molecule has 0 aromatic heterocycles. The molecule has 5 heteroatoms. The van der Waals surface area contributed by atoms with Crippen molar-refractivity contribution < 1.29 is 4.79 Å². The molecule has 0 saturated heterocycles. The summed E-state index contributed by atoms with van der Waals surface area (Å²) in [7, 11) is 0. The van der Waals surface area contributed by atoms with Gasteiger partial charge in [-0.3, -0.25) is 4.79 Å². The van der Waals surface area contributed by atoms with Gasteiger partial charge in [0, 0.05) is 0 Å². The smallest absolute Gasteiger partial charge is 0.238 e. The van der Waals surface area contributed by atoms with E-state index in [1.54, 1.807) is 18.2 Å². The molecule has 0 bridgehead atoms. The van der Waals surface area contributed by atoms with Crippen molar-refractivity contribution in [1.82, 2.24) is 5.32 Å². The Kier molecular flexibility index (Phi) is 4.87. The largest absolute Gasteiger partial charge is 0.322 e. The van der Waals surface area contributed by atoms with E-state index in [0.717, 1.165) is 18.9 Å². The maximum absolute atomic E-state index is 11.7. The number of rotatable bonds is 6. The van der Waals surface area contributed by atoms with E-state index in [1.165, 1.54) is 12.8 Å². The first-order chi connectivity index (χ1) is 8.66. The standard InChI is InChI=1S/C13H16Cl2N2O/c14-10-2-1-3-11(15)13(10)17-12(18)8-16-7-6-9-4-5-9/h1-3,9,16H,4-8H2,(H,17,18). The molecule has 1 aromatic rings. The van der Waals surface area contributed by atoms with E-state index < -0.39 is 0 Å². The summed E-state index contributed by atoms with van der Waals surface area (Å²) in [5.74, 6) is 0.749. The van der Waals surface area contributed by atoms with E-state index in [4.69, 9.17) is 23.2 Å². The van der Waals surface area contributed by atoms with Crippen LogP contribution in [-0.4, -0.2) is 19.0 Å². The van der Waals surface area contributed by atoms with Gasteiger partial charge in [0.05, 0.1) is 22.3 Å². The summed E-state index contributed by atoms with van der Waals surface area (Å²) in [6.45, 7) is 1.17. The van der Waals surface area contributed by atoms with Crippen LogP contribution in [0.2, 0.25) is 10.0 Å². The fourth-order valence-electron chi connectivity index (χ4n) is 1.72. The minimum Gasteiger partial charge on any atom is -0.322 e. The molecule has 0 radical (unpaired) electrons. The molecule has 98 valence electrons. The van der Waals surface area contributed by atoms with Crippen LogP contribution in [0, 0.1) is 5.92 Å². The van der Waals surface area contributed by atoms with Crippen LogP contribution in [0.15, 0.2) is 18.2 Å². The number of anilines is 1. The van der Waals surface area contributed by atoms with Gasteiger partial charge in [-0.15, -0.1) is 0 Å². The van der Waals surface area contributed by atoms with E-state index in [9.17, 15) is 4.79 Å². The first-order valence-electron chi connectivity index (χ1n) is 6.11. The van der Waals surface area contributed by atoms with Crippen LogP contribution < -0.4 is 10.6 Å². The van der Waals surface area contributed by atoms with Crippen molar-refractivity contribution in [3.05, 3.63) is 28.2 Å². The van der Waals surface area contributed by atoms with Gasteiger partial charge in [0.2, 0.25) is 5.91 Å². The topological polar surface area (TPSA) is 41.1 Å². The molecule has 1 saturated carbocycles. The molecule has 2 N–H and O–H groups in total. The second-order valence-corrected chi connectivity index (χ2v) is 5.37. The van der Waals surface area contributed by atoms with Gasteiger partial charge in [0.25, 0.3) is 0 Å². The molecule has 0 heterocycles. The highest BCUT2D eigenvalue weighted by Crippen LogP contribution is 2.31. The van der Waals surface area contributed by atoms with Crippen molar-refractivity contribution in [2.45, 2.75) is 19.3 Å². The Bertz CT molecular complexity index is 413. The highest BCUT2D eigenvalue weighted by molar-refractivity contribution is 6.39. The molecule has 0 unspecified atom stereocenters. The van der Waals surface area contributed by atoms with Crippen LogP contribution in [0.1, 0.15) is 19.3 Å². The van der Waals surface area contributed by atoms with Crippen molar-refractivity contribution >= 4 is 34.8 Å². The summed E-state index contributed by atoms with van der Waals surface area (Å²) in [6.07, 6.45) is 3.83. The number of hydrogen-bond donors (Lipinski definition) is 2. The van der Waals surface area contributed by atoms with Crippen LogP contribution in [0.25, 0.3) is 0 Å². The van der Waals surface area contributed by atoms with Gasteiger partial charge in [-0.25, -0.2) is 0 Å². The van der Waals surface area contributed by atoms with Crippen LogP contribution >= 0.6 is 23.2 Å². The average Bonchev–Trinajstić information content (AvgIpc) is 3.14. The molecule has 2 rings (SSSR count). The third-order valence-corrected chi connectivity index (χ3v) is 3.57. The van der Waals surface area contributed by atoms with Crippen LogP contribution in [-0.2, 0) is 4.79 Å². The molecule has 3 nitrogen and oxygen atoms in total. The number of para-hydroxylation sites is 1. The number of halogens is 2. The summed E-state index contributed by atoms with van der Waals surface area (Å²) < 4.78 is 0. The summed E-state index contributed by atoms with van der Waals surface area (Å²) in [5.41, 5.74) is 0.481. The molecular formula is C13H16Cl2N2O. The van der Waals surface area contributed by atoms with Crippen LogP contribution in [0.4, 0.5) is 5.69 Å². The second-order valence-electron chi connectivity index (χ2n) is 4.55. The molecule has 0 atom stereocenters. The SMILES string of the molecule is O=C(CNCCC1CC1)Nc1c(Cl)cccc1Cl. The van der Waals surface area contributed by atoms with E-state index in [-0.39, 0.29) is 12.5 Å². The minimum absolute atomic E-state index is 0.124. The van der Waals surface area contributed by atoms with Gasteiger partial charge in [0.15, 0.2) is 0 Å². The monoisotopic (exact) mass is 286 g/mol. The summed E-state index contributed by atoms with van der Waals surface area (Å²) in [6, 6.07) is 5.14. The Morgan fingerprint density at radius 3 is 2.56 bits per heavy atom. The minimum atomic E-state index is -0.124. The average molecular weight is 287 g/mol. The number of benzene rings is 1. The highest BCUT2D eigenvalue weighted by atomic mass is 35.5. The van der Waals surface area contributed by atoms with Gasteiger partial charge in [-0.05, 0) is 31.0 Å². The zero-order valence-corrected chi connectivity index (χ0v) is 11.5. The first kappa shape index (κ1) is 13.7. The van der Waals surface area contributed by atoms with Crippen molar-refractivity contribution in [3.63, 3.8) is 0 Å². The predicted octanol–water partition coefficient (Wildman–Crippen LogP) is 3.32. The zero-order valence-electron chi connectivity index (χ0n) is 10.0. The number of carbonyl (C=O) groups excluding carboxylic acids is 1. The molecule has 1 aromatic carbocycles. The van der Waals surface area contributed by atoms with E-state index >= 15 is 0 Å². The quantitative estimate of drug-likeness (QED) is 0.788. The van der Waals surface area contributed by atoms with E-state index in [0.29, 0.717) is 15.7 Å². The van der Waals surface area contributed by atoms with E-state index in [1.807, 2.05) is 0 Å². The molecule has 0 aliphatic heterocycles. The summed E-state index contributed by atoms with van der Waals surface area (Å²) in [5, 5.41) is 6.74. The number of hydrogen-bond acceptors (Lipinski definition) is 2. The van der Waals surface area contributed by atoms with Gasteiger partial charge < -0.3 is 10.6 Å². The van der Waals surface area contributed by atoms with Gasteiger partial charge in [0.1, 0.15) is 0 Å². The third kappa shape index (κ3) is 4.16. The zero-order chi connectivity index (χ0) is 13.0. The highest BCUT2D eigenvalue weighted by Gasteiger charge is 2.20. The fraction of sp³-hybridized carbons (Fsp3) is 0.462. The Labute approximate surface area is 117 Å². The summed E-state index contributed by atoms with van der Waals surface area (Å²) in [4.78, 5) is 11.7. The molecule has 1 aliphatic rings. The molecule has 1 fully saturated rings. The second kappa shape index (κ2) is 6.41. The van der Waals surface area contributed by atoms with Crippen molar-refractivity contribution in [2.24, 2.45) is 5.92 Å². The van der Waals surface area contributed by atoms with E-state index in [2.05, 4.69) is 10.6 Å². The summed E-state index contributed by atoms with van der Waals surface area (Å²) >= 11 is 11.9. The molecule has 1 amide bonds.